The van der Waals surface area contributed by atoms with Crippen molar-refractivity contribution in [2.45, 2.75) is 58.2 Å². The molecule has 2 rings (SSSR count). The highest BCUT2D eigenvalue weighted by Crippen LogP contribution is 2.28. The normalized spacial score (nSPS) is 21.1. The van der Waals surface area contributed by atoms with E-state index >= 15 is 0 Å². The lowest BCUT2D eigenvalue weighted by Crippen LogP contribution is -2.51. The van der Waals surface area contributed by atoms with E-state index in [4.69, 9.17) is 4.74 Å². The molecular weight excluding hydrogens is 360 g/mol. The molecule has 1 heterocycles. The Morgan fingerprint density at radius 1 is 1.39 bits per heavy atom. The number of methoxy groups -OCH3 is 1. The molecule has 7 nitrogen and oxygen atoms in total. The number of aliphatic hydroxyl groups is 1. The highest BCUT2D eigenvalue weighted by Gasteiger charge is 2.36. The van der Waals surface area contributed by atoms with E-state index in [2.05, 4.69) is 17.1 Å². The molecule has 0 spiro atoms. The summed E-state index contributed by atoms with van der Waals surface area (Å²) in [6.45, 7) is 5.00. The van der Waals surface area contributed by atoms with Crippen molar-refractivity contribution in [3.63, 3.8) is 0 Å². The van der Waals surface area contributed by atoms with Gasteiger partial charge < -0.3 is 20.3 Å². The third kappa shape index (κ3) is 5.45. The number of aryl methyl sites for hydroxylation is 1. The fourth-order valence-electron chi connectivity index (χ4n) is 4.01. The molecule has 0 aliphatic carbocycles. The minimum Gasteiger partial charge on any atom is -0.481 e. The van der Waals surface area contributed by atoms with E-state index in [0.29, 0.717) is 24.2 Å². The van der Waals surface area contributed by atoms with Crippen LogP contribution >= 0.6 is 0 Å². The van der Waals surface area contributed by atoms with Gasteiger partial charge in [-0.05, 0) is 44.4 Å². The van der Waals surface area contributed by atoms with Gasteiger partial charge >= 0.3 is 11.9 Å². The molecule has 0 amide bonds. The number of anilines is 1. The molecule has 1 aliphatic rings. The molecule has 0 radical (unpaired) electrons. The number of hydrogen-bond acceptors (Lipinski definition) is 6. The van der Waals surface area contributed by atoms with E-state index in [1.165, 1.54) is 7.11 Å². The van der Waals surface area contributed by atoms with Gasteiger partial charge in [0.2, 0.25) is 0 Å². The summed E-state index contributed by atoms with van der Waals surface area (Å²) in [6, 6.07) is 5.19. The van der Waals surface area contributed by atoms with Crippen molar-refractivity contribution >= 4 is 17.6 Å². The number of carboxylic acid groups (broad SMARTS) is 1. The molecule has 156 valence electrons. The number of para-hydroxylation sites is 1. The highest BCUT2D eigenvalue weighted by molar-refractivity contribution is 5.96. The maximum atomic E-state index is 12.0. The summed E-state index contributed by atoms with van der Waals surface area (Å²) < 4.78 is 4.83. The summed E-state index contributed by atoms with van der Waals surface area (Å²) >= 11 is 0. The molecule has 0 bridgehead atoms. The maximum absolute atomic E-state index is 12.0. The number of piperidine rings is 1. The molecule has 0 aromatic heterocycles. The van der Waals surface area contributed by atoms with Crippen LogP contribution in [0.4, 0.5) is 5.69 Å². The van der Waals surface area contributed by atoms with Crippen LogP contribution in [0.15, 0.2) is 18.2 Å². The Labute approximate surface area is 166 Å². The van der Waals surface area contributed by atoms with E-state index in [-0.39, 0.29) is 6.04 Å². The van der Waals surface area contributed by atoms with Crippen LogP contribution < -0.4 is 5.32 Å². The zero-order chi connectivity index (χ0) is 20.7. The van der Waals surface area contributed by atoms with Crippen LogP contribution in [0.25, 0.3) is 0 Å². The second-order valence-electron chi connectivity index (χ2n) is 7.44. The summed E-state index contributed by atoms with van der Waals surface area (Å²) in [5.74, 6) is -1.64. The molecule has 3 atom stereocenters. The van der Waals surface area contributed by atoms with Gasteiger partial charge in [0.05, 0.1) is 24.3 Å². The zero-order valence-electron chi connectivity index (χ0n) is 17.0. The number of ether oxygens (including phenoxy) is 1. The summed E-state index contributed by atoms with van der Waals surface area (Å²) in [6.07, 6.45) is 3.30. The second-order valence-corrected chi connectivity index (χ2v) is 7.44. The number of nitrogens with one attached hydrogen (secondary N) is 1. The summed E-state index contributed by atoms with van der Waals surface area (Å²) in [7, 11) is 1.32. The van der Waals surface area contributed by atoms with Crippen LogP contribution in [0.1, 0.15) is 54.9 Å². The van der Waals surface area contributed by atoms with Crippen molar-refractivity contribution in [3.05, 3.63) is 29.3 Å². The predicted molar refractivity (Wildman–Crippen MR) is 107 cm³/mol. The highest BCUT2D eigenvalue weighted by atomic mass is 16.5. The molecule has 28 heavy (non-hydrogen) atoms. The average molecular weight is 392 g/mol. The largest absolute Gasteiger partial charge is 0.481 e. The van der Waals surface area contributed by atoms with Gasteiger partial charge in [-0.3, -0.25) is 9.69 Å². The van der Waals surface area contributed by atoms with E-state index in [1.807, 2.05) is 13.0 Å². The number of carboxylic acids is 1. The van der Waals surface area contributed by atoms with Gasteiger partial charge in [-0.15, -0.1) is 0 Å². The number of benzene rings is 1. The topological polar surface area (TPSA) is 99.1 Å². The molecule has 0 saturated carbocycles. The smallest absolute Gasteiger partial charge is 0.339 e. The van der Waals surface area contributed by atoms with Crippen molar-refractivity contribution in [1.29, 1.82) is 0 Å². The van der Waals surface area contributed by atoms with Crippen LogP contribution in [0, 0.1) is 12.8 Å². The first kappa shape index (κ1) is 22.2. The quantitative estimate of drug-likeness (QED) is 0.439. The fraction of sp³-hybridized carbons (Fsp3) is 0.619. The summed E-state index contributed by atoms with van der Waals surface area (Å²) in [5, 5.41) is 23.3. The van der Waals surface area contributed by atoms with Crippen molar-refractivity contribution < 1.29 is 24.5 Å². The number of β-amino-alcohol motifs (C(OH)–C–C–N with tert-alkyl or cyclic N) is 1. The van der Waals surface area contributed by atoms with E-state index in [9.17, 15) is 19.8 Å². The number of nitrogens with zero attached hydrogens (tertiary/aromatic N) is 1. The Morgan fingerprint density at radius 2 is 2.14 bits per heavy atom. The van der Waals surface area contributed by atoms with Gasteiger partial charge in [-0.25, -0.2) is 4.79 Å². The molecule has 1 fully saturated rings. The van der Waals surface area contributed by atoms with E-state index < -0.39 is 24.1 Å². The second kappa shape index (κ2) is 10.4. The molecule has 3 N–H and O–H groups in total. The lowest BCUT2D eigenvalue weighted by molar-refractivity contribution is -0.146. The molecule has 3 unspecified atom stereocenters. The minimum absolute atomic E-state index is 0.0837. The third-order valence-corrected chi connectivity index (χ3v) is 5.46. The Balaban J connectivity index is 2.13. The van der Waals surface area contributed by atoms with Crippen molar-refractivity contribution in [2.24, 2.45) is 5.92 Å². The number of likely N-dealkylation sites (tertiary alicyclic amines) is 1. The van der Waals surface area contributed by atoms with Crippen molar-refractivity contribution in [1.82, 2.24) is 4.90 Å². The molecule has 7 heteroatoms. The molecule has 1 aliphatic heterocycles. The molecule has 1 aromatic rings. The number of hydrogen-bond donors (Lipinski definition) is 3. The first-order valence-electron chi connectivity index (χ1n) is 9.98. The Morgan fingerprint density at radius 3 is 2.79 bits per heavy atom. The lowest BCUT2D eigenvalue weighted by atomic mass is 9.86. The minimum atomic E-state index is -0.929. The first-order chi connectivity index (χ1) is 13.4. The van der Waals surface area contributed by atoms with Crippen LogP contribution in [-0.4, -0.2) is 59.5 Å². The number of carbonyl (C=O) groups excluding carboxylic acids is 1. The number of aliphatic carboxylic acids is 1. The number of carbonyl (C=O) groups is 2. The zero-order valence-corrected chi connectivity index (χ0v) is 17.0. The molecule has 1 aromatic carbocycles. The number of esters is 1. The standard InChI is InChI=1S/C21H32N2O5/c1-4-5-11-17-15(20(25)26)10-7-12-23(17)13-18(24)22-19-14(2)8-6-9-16(19)21(27)28-3/h6,8-9,15,17-18,22,24H,4-5,7,10-13H2,1-3H3,(H,25,26). The van der Waals surface area contributed by atoms with Crippen LogP contribution in [0.3, 0.4) is 0 Å². The van der Waals surface area contributed by atoms with Crippen molar-refractivity contribution in [2.75, 3.05) is 25.5 Å². The van der Waals surface area contributed by atoms with E-state index in [0.717, 1.165) is 37.8 Å². The van der Waals surface area contributed by atoms with Gasteiger partial charge in [0.25, 0.3) is 0 Å². The average Bonchev–Trinajstić information content (AvgIpc) is 2.67. The van der Waals surface area contributed by atoms with Gasteiger partial charge in [-0.2, -0.15) is 0 Å². The maximum Gasteiger partial charge on any atom is 0.339 e. The van der Waals surface area contributed by atoms with Crippen LogP contribution in [-0.2, 0) is 9.53 Å². The number of unbranched alkanes of at least 4 members (excludes halogenated alkanes) is 1. The third-order valence-electron chi connectivity index (χ3n) is 5.46. The van der Waals surface area contributed by atoms with Gasteiger partial charge in [0.15, 0.2) is 0 Å². The Kier molecular flexibility index (Phi) is 8.26. The van der Waals surface area contributed by atoms with Crippen LogP contribution in [0.2, 0.25) is 0 Å². The molecular formula is C21H32N2O5. The Hall–Kier alpha value is -2.12. The summed E-state index contributed by atoms with van der Waals surface area (Å²) in [4.78, 5) is 25.8. The van der Waals surface area contributed by atoms with Gasteiger partial charge in [0.1, 0.15) is 6.23 Å². The molecule has 1 saturated heterocycles. The first-order valence-corrected chi connectivity index (χ1v) is 9.98. The number of rotatable bonds is 9. The SMILES string of the molecule is CCCCC1C(C(=O)O)CCCN1CC(O)Nc1c(C)cccc1C(=O)OC. The van der Waals surface area contributed by atoms with Crippen LogP contribution in [0.5, 0.6) is 0 Å². The van der Waals surface area contributed by atoms with Gasteiger partial charge in [-0.1, -0.05) is 31.9 Å². The predicted octanol–water partition coefficient (Wildman–Crippen LogP) is 2.87. The van der Waals surface area contributed by atoms with E-state index in [1.54, 1.807) is 12.1 Å². The fourth-order valence-corrected chi connectivity index (χ4v) is 4.01. The number of aliphatic hydroxyl groups excluding tert-OH is 1. The summed E-state index contributed by atoms with van der Waals surface area (Å²) in [5.41, 5.74) is 1.73. The lowest BCUT2D eigenvalue weighted by Gasteiger charge is -2.40. The van der Waals surface area contributed by atoms with Crippen molar-refractivity contribution in [3.8, 4) is 0 Å². The Bertz CT molecular complexity index is 679. The monoisotopic (exact) mass is 392 g/mol. The van der Waals surface area contributed by atoms with Gasteiger partial charge in [0, 0.05) is 12.6 Å².